The third-order valence-corrected chi connectivity index (χ3v) is 11.0. The second-order valence-electron chi connectivity index (χ2n) is 14.0. The summed E-state index contributed by atoms with van der Waals surface area (Å²) < 4.78 is 54.2. The van der Waals surface area contributed by atoms with Crippen molar-refractivity contribution >= 4 is 39.9 Å². The van der Waals surface area contributed by atoms with E-state index in [0.717, 1.165) is 16.5 Å². The molecule has 14 heteroatoms. The topological polar surface area (TPSA) is 109 Å². The summed E-state index contributed by atoms with van der Waals surface area (Å²) in [6, 6.07) is 8.60. The molecule has 0 spiro atoms. The van der Waals surface area contributed by atoms with Crippen molar-refractivity contribution in [2.75, 3.05) is 38.6 Å². The molecule has 274 valence electrons. The number of carbonyl (C=O) groups excluding carboxylic acids is 2. The highest BCUT2D eigenvalue weighted by Gasteiger charge is 2.48. The Morgan fingerprint density at radius 1 is 1.04 bits per heavy atom. The number of anilines is 1. The number of nitrogens with zero attached hydrogens (tertiary/aromatic N) is 4. The molecular weight excluding hydrogens is 697 g/mol. The minimum Gasteiger partial charge on any atom is -0.496 e. The minimum atomic E-state index is -2.99. The predicted octanol–water partition coefficient (Wildman–Crippen LogP) is 5.71. The van der Waals surface area contributed by atoms with Crippen LogP contribution in [0.15, 0.2) is 59.8 Å². The molecule has 3 aliphatic heterocycles. The molecule has 0 saturated carbocycles. The highest BCUT2D eigenvalue weighted by molar-refractivity contribution is 6.32. The monoisotopic (exact) mass is 736 g/mol. The molecule has 3 saturated heterocycles. The van der Waals surface area contributed by atoms with Crippen molar-refractivity contribution in [3.05, 3.63) is 87.3 Å². The summed E-state index contributed by atoms with van der Waals surface area (Å²) in [4.78, 5) is 43.9. The molecule has 10 nitrogen and oxygen atoms in total. The standard InChI is InChI=1S/C38H40ClF3N6O4/c1-46-19-28(26-7-11-43-18-27(26)37(46)51)23-15-30(39)29(33(16-23)52-2)20-47-12-10-34(38(41,42)21-47)48-13-8-22(9-14-48)25-4-3-24(17-31(25)40)44-32-5-6-35(49)45-36(32)50/h3-4,7,11,15-19,22,32,34,44H,5-6,8-10,12-14,20-21H2,1-2H3,(H,45,49,50). The fourth-order valence-electron chi connectivity index (χ4n) is 7.95. The maximum atomic E-state index is 15.9. The number of hydrogen-bond donors (Lipinski definition) is 2. The Morgan fingerprint density at radius 3 is 2.54 bits per heavy atom. The van der Waals surface area contributed by atoms with Gasteiger partial charge in [-0.25, -0.2) is 13.2 Å². The summed E-state index contributed by atoms with van der Waals surface area (Å²) in [5.74, 6) is -3.78. The molecule has 52 heavy (non-hydrogen) atoms. The predicted molar refractivity (Wildman–Crippen MR) is 192 cm³/mol. The number of methoxy groups -OCH3 is 1. The van der Waals surface area contributed by atoms with Crippen LogP contribution in [0.1, 0.15) is 49.1 Å². The molecule has 2 aromatic carbocycles. The lowest BCUT2D eigenvalue weighted by Gasteiger charge is -2.46. The van der Waals surface area contributed by atoms with Crippen LogP contribution in [0.4, 0.5) is 18.9 Å². The normalized spacial score (nSPS) is 21.7. The van der Waals surface area contributed by atoms with Gasteiger partial charge in [0, 0.05) is 67.0 Å². The van der Waals surface area contributed by atoms with Crippen LogP contribution in [0.25, 0.3) is 21.9 Å². The van der Waals surface area contributed by atoms with Crippen LogP contribution >= 0.6 is 11.6 Å². The molecule has 2 N–H and O–H groups in total. The third kappa shape index (κ3) is 7.13. The second-order valence-corrected chi connectivity index (χ2v) is 14.4. The van der Waals surface area contributed by atoms with Gasteiger partial charge in [0.05, 0.1) is 25.1 Å². The molecule has 2 atom stereocenters. The fraction of sp³-hybridized carbons (Fsp3) is 0.421. The van der Waals surface area contributed by atoms with Gasteiger partial charge in [0.1, 0.15) is 17.6 Å². The average Bonchev–Trinajstić information content (AvgIpc) is 3.12. The molecule has 2 aromatic heterocycles. The Labute approximate surface area is 303 Å². The molecular formula is C38H40ClF3N6O4. The van der Waals surface area contributed by atoms with E-state index in [2.05, 4.69) is 15.6 Å². The summed E-state index contributed by atoms with van der Waals surface area (Å²) in [5.41, 5.74) is 2.92. The van der Waals surface area contributed by atoms with Gasteiger partial charge in [-0.15, -0.1) is 0 Å². The Bertz CT molecular complexity index is 2090. The second kappa shape index (κ2) is 14.5. The molecule has 2 amide bonds. The van der Waals surface area contributed by atoms with E-state index in [1.807, 2.05) is 11.0 Å². The number of fused-ring (bicyclic) bond motifs is 1. The quantitative estimate of drug-likeness (QED) is 0.222. The first-order valence-electron chi connectivity index (χ1n) is 17.5. The van der Waals surface area contributed by atoms with Gasteiger partial charge in [0.2, 0.25) is 11.8 Å². The zero-order chi connectivity index (χ0) is 36.7. The van der Waals surface area contributed by atoms with Crippen molar-refractivity contribution in [3.8, 4) is 16.9 Å². The average molecular weight is 737 g/mol. The Hall–Kier alpha value is -4.46. The lowest BCUT2D eigenvalue weighted by molar-refractivity contribution is -0.133. The SMILES string of the molecule is COc1cc(-c2cn(C)c(=O)c3cnccc23)cc(Cl)c1CN1CCC(N2CCC(c3ccc(NC4CCC(=O)NC4=O)cc3F)CC2)C(F)(F)C1. The molecule has 0 aliphatic carbocycles. The number of aromatic nitrogens is 2. The van der Waals surface area contributed by atoms with E-state index in [1.54, 1.807) is 48.6 Å². The number of nitrogens with one attached hydrogen (secondary N) is 2. The maximum absolute atomic E-state index is 15.9. The Kier molecular flexibility index (Phi) is 10.0. The van der Waals surface area contributed by atoms with E-state index in [0.29, 0.717) is 71.9 Å². The van der Waals surface area contributed by atoms with Crippen molar-refractivity contribution in [2.24, 2.45) is 7.05 Å². The summed E-state index contributed by atoms with van der Waals surface area (Å²) in [7, 11) is 3.19. The molecule has 7 rings (SSSR count). The molecule has 5 heterocycles. The van der Waals surface area contributed by atoms with Gasteiger partial charge in [-0.05, 0) is 91.5 Å². The highest BCUT2D eigenvalue weighted by Crippen LogP contribution is 2.40. The maximum Gasteiger partial charge on any atom is 0.275 e. The van der Waals surface area contributed by atoms with E-state index in [9.17, 15) is 14.4 Å². The molecule has 3 aliphatic rings. The van der Waals surface area contributed by atoms with Crippen LogP contribution in [0.3, 0.4) is 0 Å². The summed E-state index contributed by atoms with van der Waals surface area (Å²) >= 11 is 6.82. The molecule has 4 aromatic rings. The van der Waals surface area contributed by atoms with Gasteiger partial charge in [-0.1, -0.05) is 17.7 Å². The van der Waals surface area contributed by atoms with E-state index in [1.165, 1.54) is 23.9 Å². The lowest BCUT2D eigenvalue weighted by Crippen LogP contribution is -2.59. The van der Waals surface area contributed by atoms with Crippen molar-refractivity contribution in [1.29, 1.82) is 0 Å². The van der Waals surface area contributed by atoms with Gasteiger partial charge < -0.3 is 14.6 Å². The van der Waals surface area contributed by atoms with Crippen molar-refractivity contribution in [2.45, 2.75) is 62.6 Å². The number of pyridine rings is 2. The number of carbonyl (C=O) groups is 2. The van der Waals surface area contributed by atoms with Gasteiger partial charge >= 0.3 is 0 Å². The number of likely N-dealkylation sites (tertiary alicyclic amines) is 2. The zero-order valence-electron chi connectivity index (χ0n) is 28.9. The summed E-state index contributed by atoms with van der Waals surface area (Å²) in [6.45, 7) is 1.04. The first-order chi connectivity index (χ1) is 24.9. The number of hydrogen-bond acceptors (Lipinski definition) is 8. The van der Waals surface area contributed by atoms with Crippen LogP contribution in [0, 0.1) is 5.82 Å². The first kappa shape index (κ1) is 35.9. The minimum absolute atomic E-state index is 0.109. The Morgan fingerprint density at radius 2 is 1.83 bits per heavy atom. The number of rotatable bonds is 8. The molecule has 2 unspecified atom stereocenters. The molecule has 0 radical (unpaired) electrons. The van der Waals surface area contributed by atoms with Crippen molar-refractivity contribution in [3.63, 3.8) is 0 Å². The first-order valence-corrected chi connectivity index (χ1v) is 17.8. The van der Waals surface area contributed by atoms with Crippen LogP contribution in [-0.2, 0) is 23.2 Å². The zero-order valence-corrected chi connectivity index (χ0v) is 29.7. The van der Waals surface area contributed by atoms with Crippen molar-refractivity contribution < 1.29 is 27.5 Å². The largest absolute Gasteiger partial charge is 0.496 e. The summed E-state index contributed by atoms with van der Waals surface area (Å²) in [6.07, 6.45) is 6.81. The van der Waals surface area contributed by atoms with E-state index < -0.39 is 36.3 Å². The lowest BCUT2D eigenvalue weighted by atomic mass is 9.87. The van der Waals surface area contributed by atoms with E-state index >= 15 is 13.2 Å². The van der Waals surface area contributed by atoms with Gasteiger partial charge in [-0.2, -0.15) is 0 Å². The van der Waals surface area contributed by atoms with Crippen molar-refractivity contribution in [1.82, 2.24) is 24.7 Å². The van der Waals surface area contributed by atoms with E-state index in [-0.39, 0.29) is 36.8 Å². The highest BCUT2D eigenvalue weighted by atomic mass is 35.5. The third-order valence-electron chi connectivity index (χ3n) is 10.7. The number of imide groups is 1. The number of halogens is 4. The number of amides is 2. The summed E-state index contributed by atoms with van der Waals surface area (Å²) in [5, 5.41) is 6.85. The number of ether oxygens (including phenoxy) is 1. The fourth-order valence-corrected chi connectivity index (χ4v) is 8.22. The van der Waals surface area contributed by atoms with Gasteiger partial charge in [0.25, 0.3) is 11.5 Å². The van der Waals surface area contributed by atoms with Gasteiger partial charge in [-0.3, -0.25) is 34.5 Å². The number of alkyl halides is 2. The number of piperidine rings is 3. The molecule has 3 fully saturated rings. The molecule has 0 bridgehead atoms. The van der Waals surface area contributed by atoms with Crippen LogP contribution < -0.4 is 20.9 Å². The van der Waals surface area contributed by atoms with Gasteiger partial charge in [0.15, 0.2) is 0 Å². The van der Waals surface area contributed by atoms with E-state index in [4.69, 9.17) is 16.3 Å². The van der Waals surface area contributed by atoms with Crippen LogP contribution in [0.2, 0.25) is 5.02 Å². The van der Waals surface area contributed by atoms with Crippen LogP contribution in [-0.4, -0.2) is 82.5 Å². The smallest absolute Gasteiger partial charge is 0.275 e. The number of benzene rings is 2. The van der Waals surface area contributed by atoms with Crippen LogP contribution in [0.5, 0.6) is 5.75 Å². The number of aryl methyl sites for hydroxylation is 1. The Balaban J connectivity index is 0.985.